The number of H-pyrrole nitrogens is 1. The van der Waals surface area contributed by atoms with Crippen LogP contribution < -0.4 is 10.9 Å². The van der Waals surface area contributed by atoms with Gasteiger partial charge < -0.3 is 20.1 Å². The predicted octanol–water partition coefficient (Wildman–Crippen LogP) is 2.98. The van der Waals surface area contributed by atoms with E-state index < -0.39 is 0 Å². The number of halogens is 1. The Morgan fingerprint density at radius 2 is 2.21 bits per heavy atom. The molecule has 1 aromatic heterocycles. The fraction of sp³-hybridized carbons (Fsp3) is 0.571. The Morgan fingerprint density at radius 3 is 2.97 bits per heavy atom. The second-order valence-electron chi connectivity index (χ2n) is 8.16. The first-order valence-electron chi connectivity index (χ1n) is 10.5. The van der Waals surface area contributed by atoms with Crippen LogP contribution in [0.25, 0.3) is 10.9 Å². The Balaban J connectivity index is 1.39. The van der Waals surface area contributed by atoms with E-state index in [2.05, 4.69) is 20.2 Å². The highest BCUT2D eigenvalue weighted by atomic mass is 35.5. The van der Waals surface area contributed by atoms with E-state index in [1.165, 1.54) is 12.8 Å². The Kier molecular flexibility index (Phi) is 6.06. The first kappa shape index (κ1) is 20.2. The minimum atomic E-state index is -0.218. The molecule has 2 aromatic rings. The summed E-state index contributed by atoms with van der Waals surface area (Å²) in [6.07, 6.45) is 4.62. The molecular weight excluding hydrogens is 390 g/mol. The lowest BCUT2D eigenvalue weighted by molar-refractivity contribution is 0.191. The van der Waals surface area contributed by atoms with E-state index in [1.54, 1.807) is 23.1 Å². The number of rotatable bonds is 7. The zero-order valence-corrected chi connectivity index (χ0v) is 17.5. The van der Waals surface area contributed by atoms with Gasteiger partial charge >= 0.3 is 6.03 Å². The highest BCUT2D eigenvalue weighted by molar-refractivity contribution is 6.31. The molecule has 2 fully saturated rings. The van der Waals surface area contributed by atoms with Crippen molar-refractivity contribution in [3.8, 4) is 0 Å². The number of nitrogens with zero attached hydrogens (tertiary/aromatic N) is 3. The number of benzene rings is 1. The molecule has 2 amide bonds. The maximum Gasteiger partial charge on any atom is 0.317 e. The van der Waals surface area contributed by atoms with Crippen molar-refractivity contribution in [3.63, 3.8) is 0 Å². The fourth-order valence-electron chi connectivity index (χ4n) is 4.08. The number of aromatic nitrogens is 2. The molecule has 0 radical (unpaired) electrons. The monoisotopic (exact) mass is 417 g/mol. The molecule has 1 unspecified atom stereocenters. The number of hydrogen-bond acceptors (Lipinski definition) is 4. The maximum absolute atomic E-state index is 12.8. The van der Waals surface area contributed by atoms with E-state index in [-0.39, 0.29) is 18.1 Å². The molecule has 1 saturated carbocycles. The van der Waals surface area contributed by atoms with Gasteiger partial charge in [0.25, 0.3) is 5.56 Å². The molecule has 0 bridgehead atoms. The summed E-state index contributed by atoms with van der Waals surface area (Å²) in [5.41, 5.74) is 0.323. The van der Waals surface area contributed by atoms with Crippen LogP contribution in [-0.4, -0.2) is 58.0 Å². The van der Waals surface area contributed by atoms with Crippen molar-refractivity contribution in [1.82, 2.24) is 25.1 Å². The van der Waals surface area contributed by atoms with Crippen LogP contribution in [0.3, 0.4) is 0 Å². The van der Waals surface area contributed by atoms with Gasteiger partial charge in [0.2, 0.25) is 0 Å². The lowest BCUT2D eigenvalue weighted by atomic mass is 10.1. The molecule has 8 heteroatoms. The van der Waals surface area contributed by atoms with E-state index in [4.69, 9.17) is 11.6 Å². The summed E-state index contributed by atoms with van der Waals surface area (Å²) in [6.45, 7) is 5.81. The normalized spacial score (nSPS) is 19.6. The Labute approximate surface area is 175 Å². The molecule has 1 aliphatic carbocycles. The molecule has 4 rings (SSSR count). The molecule has 1 aliphatic heterocycles. The summed E-state index contributed by atoms with van der Waals surface area (Å²) < 4.78 is 0. The lowest BCUT2D eigenvalue weighted by Crippen LogP contribution is -2.42. The highest BCUT2D eigenvalue weighted by Crippen LogP contribution is 2.31. The molecule has 2 aliphatic rings. The molecule has 156 valence electrons. The summed E-state index contributed by atoms with van der Waals surface area (Å²) in [5, 5.41) is 4.11. The summed E-state index contributed by atoms with van der Waals surface area (Å²) in [6, 6.07) is 5.69. The number of carbonyl (C=O) groups excluding carboxylic acids is 1. The van der Waals surface area contributed by atoms with Gasteiger partial charge in [-0.3, -0.25) is 4.79 Å². The van der Waals surface area contributed by atoms with Crippen LogP contribution in [0.2, 0.25) is 5.02 Å². The molecule has 0 spiro atoms. The van der Waals surface area contributed by atoms with Gasteiger partial charge in [-0.25, -0.2) is 9.78 Å². The van der Waals surface area contributed by atoms with E-state index in [0.29, 0.717) is 40.8 Å². The molecule has 1 aromatic carbocycles. The predicted molar refractivity (Wildman–Crippen MR) is 114 cm³/mol. The molecule has 7 nitrogen and oxygen atoms in total. The number of amides is 2. The largest absolute Gasteiger partial charge is 0.338 e. The standard InChI is InChI=1S/C21H28ClN5O2/c1-2-8-27(21(29)23-11-14-7-9-26(12-14)16-4-5-16)13-19-24-18-10-15(22)3-6-17(18)20(28)25-19/h3,6,10,14,16H,2,4-5,7-9,11-13H2,1H3,(H,23,29)(H,24,25,28). The van der Waals surface area contributed by atoms with Crippen LogP contribution in [0.5, 0.6) is 0 Å². The van der Waals surface area contributed by atoms with Crippen molar-refractivity contribution in [2.24, 2.45) is 5.92 Å². The Hall–Kier alpha value is -2.12. The van der Waals surface area contributed by atoms with Crippen LogP contribution in [0.4, 0.5) is 4.79 Å². The van der Waals surface area contributed by atoms with Gasteiger partial charge in [-0.2, -0.15) is 0 Å². The maximum atomic E-state index is 12.8. The second kappa shape index (κ2) is 8.71. The summed E-state index contributed by atoms with van der Waals surface area (Å²) in [4.78, 5) is 36.7. The zero-order chi connectivity index (χ0) is 20.4. The van der Waals surface area contributed by atoms with Crippen molar-refractivity contribution in [1.29, 1.82) is 0 Å². The minimum absolute atomic E-state index is 0.106. The fourth-order valence-corrected chi connectivity index (χ4v) is 4.25. The first-order chi connectivity index (χ1) is 14.0. The van der Waals surface area contributed by atoms with Crippen LogP contribution in [0.15, 0.2) is 23.0 Å². The summed E-state index contributed by atoms with van der Waals surface area (Å²) >= 11 is 6.04. The third-order valence-corrected chi connectivity index (χ3v) is 6.00. The van der Waals surface area contributed by atoms with Gasteiger partial charge in [-0.15, -0.1) is 0 Å². The van der Waals surface area contributed by atoms with E-state index in [9.17, 15) is 9.59 Å². The van der Waals surface area contributed by atoms with Gasteiger partial charge in [0.15, 0.2) is 0 Å². The van der Waals surface area contributed by atoms with Crippen molar-refractivity contribution in [3.05, 3.63) is 39.4 Å². The van der Waals surface area contributed by atoms with Crippen LogP contribution >= 0.6 is 11.6 Å². The number of urea groups is 1. The second-order valence-corrected chi connectivity index (χ2v) is 8.60. The first-order valence-corrected chi connectivity index (χ1v) is 10.9. The van der Waals surface area contributed by atoms with Crippen LogP contribution in [0, 0.1) is 5.92 Å². The molecular formula is C21H28ClN5O2. The summed E-state index contributed by atoms with van der Waals surface area (Å²) in [5.74, 6) is 0.984. The number of likely N-dealkylation sites (tertiary alicyclic amines) is 1. The molecule has 1 saturated heterocycles. The van der Waals surface area contributed by atoms with Gasteiger partial charge in [0.1, 0.15) is 5.82 Å². The number of hydrogen-bond donors (Lipinski definition) is 2. The van der Waals surface area contributed by atoms with E-state index >= 15 is 0 Å². The number of nitrogens with one attached hydrogen (secondary N) is 2. The van der Waals surface area contributed by atoms with Crippen molar-refractivity contribution < 1.29 is 4.79 Å². The molecule has 29 heavy (non-hydrogen) atoms. The highest BCUT2D eigenvalue weighted by Gasteiger charge is 2.34. The molecule has 2 heterocycles. The average molecular weight is 418 g/mol. The summed E-state index contributed by atoms with van der Waals surface area (Å²) in [7, 11) is 0. The van der Waals surface area contributed by atoms with Gasteiger partial charge in [-0.1, -0.05) is 18.5 Å². The quantitative estimate of drug-likeness (QED) is 0.725. The topological polar surface area (TPSA) is 81.3 Å². The number of aromatic amines is 1. The number of carbonyl (C=O) groups is 1. The van der Waals surface area contributed by atoms with Crippen molar-refractivity contribution in [2.75, 3.05) is 26.2 Å². The van der Waals surface area contributed by atoms with Gasteiger partial charge in [0.05, 0.1) is 17.4 Å². The van der Waals surface area contributed by atoms with Crippen LogP contribution in [-0.2, 0) is 6.54 Å². The lowest BCUT2D eigenvalue weighted by Gasteiger charge is -2.23. The molecule has 2 N–H and O–H groups in total. The van der Waals surface area contributed by atoms with Gasteiger partial charge in [0, 0.05) is 30.7 Å². The smallest absolute Gasteiger partial charge is 0.317 e. The number of fused-ring (bicyclic) bond motifs is 1. The SMILES string of the molecule is CCCN(Cc1nc2cc(Cl)ccc2c(=O)[nH]1)C(=O)NCC1CCN(C2CC2)C1. The van der Waals surface area contributed by atoms with E-state index in [1.807, 2.05) is 6.92 Å². The third-order valence-electron chi connectivity index (χ3n) is 5.76. The van der Waals surface area contributed by atoms with Crippen LogP contribution in [0.1, 0.15) is 38.4 Å². The minimum Gasteiger partial charge on any atom is -0.338 e. The van der Waals surface area contributed by atoms with Crippen molar-refractivity contribution >= 4 is 28.5 Å². The van der Waals surface area contributed by atoms with E-state index in [0.717, 1.165) is 32.0 Å². The Morgan fingerprint density at radius 1 is 1.38 bits per heavy atom. The molecule has 1 atom stereocenters. The third kappa shape index (κ3) is 4.90. The Bertz CT molecular complexity index is 942. The zero-order valence-electron chi connectivity index (χ0n) is 16.8. The van der Waals surface area contributed by atoms with Crippen molar-refractivity contribution in [2.45, 2.75) is 45.2 Å². The average Bonchev–Trinajstić information content (AvgIpc) is 3.43. The van der Waals surface area contributed by atoms with Gasteiger partial charge in [-0.05, 0) is 56.3 Å².